The first-order valence-corrected chi connectivity index (χ1v) is 11.8. The van der Waals surface area contributed by atoms with Crippen LogP contribution in [0.25, 0.3) is 10.9 Å². The smallest absolute Gasteiger partial charge is 0.306 e. The minimum atomic E-state index is -0.937. The summed E-state index contributed by atoms with van der Waals surface area (Å²) in [4.78, 5) is 25.4. The number of aryl methyl sites for hydroxylation is 3. The highest BCUT2D eigenvalue weighted by atomic mass is 16.5. The van der Waals surface area contributed by atoms with Crippen molar-refractivity contribution < 1.29 is 14.6 Å². The lowest BCUT2D eigenvalue weighted by atomic mass is 10.1. The summed E-state index contributed by atoms with van der Waals surface area (Å²) in [6.45, 7) is 5.26. The Morgan fingerprint density at radius 2 is 1.97 bits per heavy atom. The van der Waals surface area contributed by atoms with Gasteiger partial charge in [0.2, 0.25) is 0 Å². The largest absolute Gasteiger partial charge is 0.493 e. The zero-order chi connectivity index (χ0) is 24.4. The lowest BCUT2D eigenvalue weighted by Crippen LogP contribution is -2.19. The van der Waals surface area contributed by atoms with E-state index < -0.39 is 12.0 Å². The summed E-state index contributed by atoms with van der Waals surface area (Å²) < 4.78 is 7.69. The van der Waals surface area contributed by atoms with E-state index in [-0.39, 0.29) is 6.42 Å². The highest BCUT2D eigenvalue weighted by Crippen LogP contribution is 2.27. The molecule has 5 rings (SSSR count). The van der Waals surface area contributed by atoms with E-state index in [1.165, 1.54) is 0 Å². The van der Waals surface area contributed by atoms with Gasteiger partial charge < -0.3 is 15.2 Å². The third kappa shape index (κ3) is 5.08. The Morgan fingerprint density at radius 3 is 2.77 bits per heavy atom. The summed E-state index contributed by atoms with van der Waals surface area (Å²) in [6.07, 6.45) is 4.39. The number of nitrogens with one attached hydrogen (secondary N) is 1. The van der Waals surface area contributed by atoms with Crippen molar-refractivity contribution in [2.75, 3.05) is 18.5 Å². The molecule has 180 valence electrons. The van der Waals surface area contributed by atoms with Crippen molar-refractivity contribution >= 4 is 22.6 Å². The van der Waals surface area contributed by atoms with E-state index in [1.54, 1.807) is 10.9 Å². The van der Waals surface area contributed by atoms with Gasteiger partial charge in [0.15, 0.2) is 5.82 Å². The Balaban J connectivity index is 1.33. The number of hydrogen-bond acceptors (Lipinski definition) is 7. The molecule has 2 N–H and O–H groups in total. The second-order valence-electron chi connectivity index (χ2n) is 8.86. The number of aliphatic carboxylic acids is 1. The molecule has 3 aromatic heterocycles. The number of anilines is 1. The Bertz CT molecular complexity index is 1360. The molecule has 4 heterocycles. The van der Waals surface area contributed by atoms with E-state index in [0.29, 0.717) is 12.4 Å². The summed E-state index contributed by atoms with van der Waals surface area (Å²) in [5.74, 6) is 0.241. The van der Waals surface area contributed by atoms with Crippen LogP contribution in [0.2, 0.25) is 0 Å². The highest BCUT2D eigenvalue weighted by Gasteiger charge is 2.24. The topological polar surface area (TPSA) is 115 Å². The Labute approximate surface area is 203 Å². The van der Waals surface area contributed by atoms with E-state index in [2.05, 4.69) is 26.4 Å². The van der Waals surface area contributed by atoms with Crippen LogP contribution in [0.3, 0.4) is 0 Å². The van der Waals surface area contributed by atoms with Crippen molar-refractivity contribution in [1.82, 2.24) is 24.7 Å². The average molecular weight is 473 g/mol. The molecule has 0 radical (unpaired) electrons. The fourth-order valence-electron chi connectivity index (χ4n) is 4.51. The molecule has 0 spiro atoms. The maximum atomic E-state index is 11.6. The maximum absolute atomic E-state index is 11.6. The van der Waals surface area contributed by atoms with Crippen LogP contribution in [0.15, 0.2) is 42.6 Å². The number of hydrogen-bond donors (Lipinski definition) is 2. The highest BCUT2D eigenvalue weighted by molar-refractivity contribution is 5.80. The molecular weight excluding hydrogens is 444 g/mol. The number of aromatic nitrogens is 5. The van der Waals surface area contributed by atoms with E-state index >= 15 is 0 Å². The van der Waals surface area contributed by atoms with Gasteiger partial charge in [0.1, 0.15) is 11.8 Å². The van der Waals surface area contributed by atoms with Crippen LogP contribution in [0.5, 0.6) is 5.75 Å². The van der Waals surface area contributed by atoms with Gasteiger partial charge in [-0.05, 0) is 63.1 Å². The average Bonchev–Trinajstić information content (AvgIpc) is 3.25. The minimum absolute atomic E-state index is 0.165. The van der Waals surface area contributed by atoms with Crippen LogP contribution in [0.4, 0.5) is 5.69 Å². The summed E-state index contributed by atoms with van der Waals surface area (Å²) in [5, 5.41) is 18.3. The predicted molar refractivity (Wildman–Crippen MR) is 132 cm³/mol. The molecule has 35 heavy (non-hydrogen) atoms. The monoisotopic (exact) mass is 472 g/mol. The number of benzene rings is 1. The summed E-state index contributed by atoms with van der Waals surface area (Å²) >= 11 is 0. The number of nitrogens with zero attached hydrogens (tertiary/aromatic N) is 5. The quantitative estimate of drug-likeness (QED) is 0.397. The third-order valence-corrected chi connectivity index (χ3v) is 6.09. The molecule has 1 aromatic carbocycles. The van der Waals surface area contributed by atoms with E-state index in [9.17, 15) is 9.90 Å². The molecular formula is C26H28N6O3. The second-order valence-corrected chi connectivity index (χ2v) is 8.86. The molecule has 1 unspecified atom stereocenters. The lowest BCUT2D eigenvalue weighted by molar-refractivity contribution is -0.137. The van der Waals surface area contributed by atoms with E-state index in [1.807, 2.05) is 44.2 Å². The van der Waals surface area contributed by atoms with Gasteiger partial charge in [-0.2, -0.15) is 5.10 Å². The van der Waals surface area contributed by atoms with Crippen LogP contribution >= 0.6 is 0 Å². The van der Waals surface area contributed by atoms with Crippen molar-refractivity contribution in [2.45, 2.75) is 45.6 Å². The number of ether oxygens (including phenoxy) is 1. The number of pyridine rings is 1. The van der Waals surface area contributed by atoms with Gasteiger partial charge in [0, 0.05) is 35.4 Å². The van der Waals surface area contributed by atoms with Gasteiger partial charge in [0.25, 0.3) is 0 Å². The minimum Gasteiger partial charge on any atom is -0.493 e. The van der Waals surface area contributed by atoms with Gasteiger partial charge >= 0.3 is 5.97 Å². The molecule has 1 aliphatic rings. The molecule has 9 nitrogen and oxygen atoms in total. The van der Waals surface area contributed by atoms with Gasteiger partial charge in [-0.3, -0.25) is 14.5 Å². The van der Waals surface area contributed by atoms with Crippen LogP contribution < -0.4 is 10.1 Å². The standard InChI is InChI=1S/C26H28N6O3/c1-16-12-17(2)30-26(29-16)24(14-25(33)34)32-23-8-6-20(13-18(23)15-28-32)35-11-9-19-5-7-21-22(31-19)4-3-10-27-21/h5-8,12-13,15,24,27H,3-4,9-11,14H2,1-2H3,(H,33,34). The van der Waals surface area contributed by atoms with Crippen LogP contribution in [-0.2, 0) is 17.6 Å². The molecule has 0 saturated carbocycles. The van der Waals surface area contributed by atoms with Gasteiger partial charge in [-0.15, -0.1) is 0 Å². The Hall–Kier alpha value is -4.01. The first-order chi connectivity index (χ1) is 17.0. The van der Waals surface area contributed by atoms with Gasteiger partial charge in [-0.25, -0.2) is 9.97 Å². The second kappa shape index (κ2) is 9.69. The molecule has 1 atom stereocenters. The molecule has 4 aromatic rings. The molecule has 0 fully saturated rings. The third-order valence-electron chi connectivity index (χ3n) is 6.09. The molecule has 1 aliphatic heterocycles. The summed E-state index contributed by atoms with van der Waals surface area (Å²) in [7, 11) is 0. The molecule has 9 heteroatoms. The number of carbonyl (C=O) groups is 1. The fourth-order valence-corrected chi connectivity index (χ4v) is 4.51. The zero-order valence-electron chi connectivity index (χ0n) is 19.9. The Morgan fingerprint density at radius 1 is 1.14 bits per heavy atom. The molecule has 0 amide bonds. The normalized spacial score (nSPS) is 13.8. The predicted octanol–water partition coefficient (Wildman–Crippen LogP) is 3.88. The van der Waals surface area contributed by atoms with Crippen molar-refractivity contribution in [2.24, 2.45) is 0 Å². The Kier molecular flexibility index (Phi) is 6.31. The van der Waals surface area contributed by atoms with E-state index in [0.717, 1.165) is 70.9 Å². The maximum Gasteiger partial charge on any atom is 0.306 e. The number of carboxylic acid groups (broad SMARTS) is 1. The number of carboxylic acids is 1. The van der Waals surface area contributed by atoms with Crippen LogP contribution in [0, 0.1) is 13.8 Å². The zero-order valence-corrected chi connectivity index (χ0v) is 19.9. The van der Waals surface area contributed by atoms with Crippen molar-refractivity contribution in [3.63, 3.8) is 0 Å². The van der Waals surface area contributed by atoms with Crippen molar-refractivity contribution in [3.05, 3.63) is 71.2 Å². The first kappa shape index (κ1) is 22.8. The lowest BCUT2D eigenvalue weighted by Gasteiger charge is -2.17. The molecule has 0 bridgehead atoms. The van der Waals surface area contributed by atoms with Crippen LogP contribution in [-0.4, -0.2) is 49.0 Å². The van der Waals surface area contributed by atoms with Gasteiger partial charge in [-0.1, -0.05) is 0 Å². The van der Waals surface area contributed by atoms with Crippen LogP contribution in [0.1, 0.15) is 47.5 Å². The van der Waals surface area contributed by atoms with Crippen molar-refractivity contribution in [3.8, 4) is 5.75 Å². The fraction of sp³-hybridized carbons (Fsp3) is 0.346. The van der Waals surface area contributed by atoms with Crippen molar-refractivity contribution in [1.29, 1.82) is 0 Å². The SMILES string of the molecule is Cc1cc(C)nc(C(CC(=O)O)n2ncc3cc(OCCc4ccc5c(n4)CCCN5)ccc32)n1. The summed E-state index contributed by atoms with van der Waals surface area (Å²) in [6, 6.07) is 11.1. The van der Waals surface area contributed by atoms with Gasteiger partial charge in [0.05, 0.1) is 36.1 Å². The van der Waals surface area contributed by atoms with E-state index in [4.69, 9.17) is 9.72 Å². The molecule has 0 saturated heterocycles. The first-order valence-electron chi connectivity index (χ1n) is 11.8. The molecule has 0 aliphatic carbocycles. The number of rotatable bonds is 8. The summed E-state index contributed by atoms with van der Waals surface area (Å²) in [5.41, 5.74) is 5.67. The number of fused-ring (bicyclic) bond motifs is 2.